The standard InChI is InChI=1S/C39H73NO4/c1-3-5-7-9-11-13-14-15-16-17-18-19-20-21-22-23-24-25-26-28-30-32-34-38(43)40-36(35-41)39(44)37(42)33-31-29-27-12-10-8-6-4-2/h4,6,12,20-21,27,36-37,39,41-42,44H,3,5,7-11,13-19,22-26,28-35H2,1-2H3,(H,40,43)/b6-4+,21-20-,27-12+. The van der Waals surface area contributed by atoms with E-state index in [0.29, 0.717) is 12.8 Å². The van der Waals surface area contributed by atoms with Gasteiger partial charge in [0.05, 0.1) is 18.8 Å². The summed E-state index contributed by atoms with van der Waals surface area (Å²) in [5, 5.41) is 33.1. The predicted octanol–water partition coefficient (Wildman–Crippen LogP) is 10.0. The van der Waals surface area contributed by atoms with Gasteiger partial charge < -0.3 is 20.6 Å². The van der Waals surface area contributed by atoms with E-state index in [9.17, 15) is 20.1 Å². The number of nitrogens with one attached hydrogen (secondary N) is 1. The molecule has 0 rings (SSSR count). The monoisotopic (exact) mass is 620 g/mol. The molecule has 0 bridgehead atoms. The number of carbonyl (C=O) groups excluding carboxylic acids is 1. The zero-order valence-electron chi connectivity index (χ0n) is 29.0. The van der Waals surface area contributed by atoms with E-state index in [1.54, 1.807) is 0 Å². The van der Waals surface area contributed by atoms with Gasteiger partial charge in [-0.3, -0.25) is 4.79 Å². The molecule has 0 aliphatic heterocycles. The number of unbranched alkanes of at least 4 members (excludes halogenated alkanes) is 20. The Bertz CT molecular complexity index is 690. The summed E-state index contributed by atoms with van der Waals surface area (Å²) in [6.07, 6.45) is 41.3. The van der Waals surface area contributed by atoms with Gasteiger partial charge in [0.15, 0.2) is 0 Å². The number of hydrogen-bond donors (Lipinski definition) is 4. The minimum atomic E-state index is -1.16. The molecule has 0 heterocycles. The quantitative estimate of drug-likeness (QED) is 0.0435. The van der Waals surface area contributed by atoms with Crippen molar-refractivity contribution in [3.63, 3.8) is 0 Å². The third-order valence-electron chi connectivity index (χ3n) is 8.54. The Hall–Kier alpha value is -1.43. The lowest BCUT2D eigenvalue weighted by atomic mass is 10.0. The highest BCUT2D eigenvalue weighted by molar-refractivity contribution is 5.76. The second-order valence-electron chi connectivity index (χ2n) is 12.8. The van der Waals surface area contributed by atoms with Crippen molar-refractivity contribution in [2.45, 2.75) is 199 Å². The van der Waals surface area contributed by atoms with Crippen LogP contribution in [0.15, 0.2) is 36.5 Å². The van der Waals surface area contributed by atoms with Gasteiger partial charge in [0, 0.05) is 6.42 Å². The lowest BCUT2D eigenvalue weighted by Gasteiger charge is -2.26. The Kier molecular flexibility index (Phi) is 33.3. The number of allylic oxidation sites excluding steroid dienone is 6. The summed E-state index contributed by atoms with van der Waals surface area (Å²) < 4.78 is 0. The van der Waals surface area contributed by atoms with Crippen molar-refractivity contribution >= 4 is 5.91 Å². The zero-order chi connectivity index (χ0) is 32.4. The van der Waals surface area contributed by atoms with Crippen LogP contribution in [-0.4, -0.2) is 46.1 Å². The largest absolute Gasteiger partial charge is 0.394 e. The van der Waals surface area contributed by atoms with Gasteiger partial charge in [-0.1, -0.05) is 140 Å². The van der Waals surface area contributed by atoms with Gasteiger partial charge in [0.2, 0.25) is 5.91 Å². The van der Waals surface area contributed by atoms with Crippen LogP contribution in [-0.2, 0) is 4.79 Å². The molecule has 0 fully saturated rings. The van der Waals surface area contributed by atoms with E-state index in [-0.39, 0.29) is 12.5 Å². The Balaban J connectivity index is 3.62. The summed E-state index contributed by atoms with van der Waals surface area (Å²) in [6.45, 7) is 3.91. The molecule has 5 heteroatoms. The first-order valence-electron chi connectivity index (χ1n) is 18.7. The fraction of sp³-hybridized carbons (Fsp3) is 0.821. The number of aliphatic hydroxyl groups excluding tert-OH is 3. The molecule has 4 N–H and O–H groups in total. The van der Waals surface area contributed by atoms with Crippen molar-refractivity contribution in [3.05, 3.63) is 36.5 Å². The Morgan fingerprint density at radius 2 is 1.02 bits per heavy atom. The Morgan fingerprint density at radius 3 is 1.52 bits per heavy atom. The van der Waals surface area contributed by atoms with E-state index in [4.69, 9.17) is 0 Å². The highest BCUT2D eigenvalue weighted by Gasteiger charge is 2.26. The van der Waals surface area contributed by atoms with Crippen LogP contribution in [0.1, 0.15) is 181 Å². The lowest BCUT2D eigenvalue weighted by Crippen LogP contribution is -2.50. The topological polar surface area (TPSA) is 89.8 Å². The van der Waals surface area contributed by atoms with E-state index >= 15 is 0 Å². The van der Waals surface area contributed by atoms with E-state index in [0.717, 1.165) is 44.9 Å². The third kappa shape index (κ3) is 29.3. The highest BCUT2D eigenvalue weighted by atomic mass is 16.3. The molecule has 1 amide bonds. The molecule has 0 aromatic carbocycles. The number of rotatable bonds is 33. The summed E-state index contributed by atoms with van der Waals surface area (Å²) in [4.78, 5) is 12.3. The van der Waals surface area contributed by atoms with Crippen LogP contribution in [0.25, 0.3) is 0 Å². The second kappa shape index (κ2) is 34.4. The minimum absolute atomic E-state index is 0.167. The fourth-order valence-corrected chi connectivity index (χ4v) is 5.59. The molecule has 0 saturated heterocycles. The molecule has 44 heavy (non-hydrogen) atoms. The van der Waals surface area contributed by atoms with Crippen molar-refractivity contribution in [1.29, 1.82) is 0 Å². The maximum Gasteiger partial charge on any atom is 0.220 e. The van der Waals surface area contributed by atoms with Crippen molar-refractivity contribution < 1.29 is 20.1 Å². The SMILES string of the molecule is C/C=C/CC/C=C/CCCC(O)C(O)C(CO)NC(=O)CCCCCCCCC/C=C\CCCCCCCCCCCCC. The minimum Gasteiger partial charge on any atom is -0.394 e. The van der Waals surface area contributed by atoms with Gasteiger partial charge in [-0.05, 0) is 71.1 Å². The van der Waals surface area contributed by atoms with Crippen molar-refractivity contribution in [1.82, 2.24) is 5.32 Å². The summed E-state index contributed by atoms with van der Waals surface area (Å²) in [5.41, 5.74) is 0. The third-order valence-corrected chi connectivity index (χ3v) is 8.54. The Morgan fingerprint density at radius 1 is 0.591 bits per heavy atom. The molecule has 0 aromatic heterocycles. The molecular weight excluding hydrogens is 546 g/mol. The number of amides is 1. The summed E-state index contributed by atoms with van der Waals surface area (Å²) in [6, 6.07) is -0.831. The smallest absolute Gasteiger partial charge is 0.220 e. The summed E-state index contributed by atoms with van der Waals surface area (Å²) >= 11 is 0. The summed E-state index contributed by atoms with van der Waals surface area (Å²) in [7, 11) is 0. The van der Waals surface area contributed by atoms with Crippen LogP contribution in [0.3, 0.4) is 0 Å². The zero-order valence-corrected chi connectivity index (χ0v) is 29.0. The molecule has 0 aliphatic rings. The molecule has 0 radical (unpaired) electrons. The first-order valence-corrected chi connectivity index (χ1v) is 18.7. The molecule has 0 aromatic rings. The van der Waals surface area contributed by atoms with Crippen LogP contribution in [0.4, 0.5) is 0 Å². The molecule has 0 aliphatic carbocycles. The maximum absolute atomic E-state index is 12.3. The molecule has 3 unspecified atom stereocenters. The van der Waals surface area contributed by atoms with Crippen LogP contribution in [0.2, 0.25) is 0 Å². The fourth-order valence-electron chi connectivity index (χ4n) is 5.59. The van der Waals surface area contributed by atoms with Gasteiger partial charge in [0.25, 0.3) is 0 Å². The van der Waals surface area contributed by atoms with Gasteiger partial charge in [-0.15, -0.1) is 0 Å². The normalized spacial score (nSPS) is 14.2. The molecule has 0 saturated carbocycles. The highest BCUT2D eigenvalue weighted by Crippen LogP contribution is 2.14. The Labute approximate surface area is 273 Å². The van der Waals surface area contributed by atoms with E-state index in [1.165, 1.54) is 109 Å². The molecule has 5 nitrogen and oxygen atoms in total. The van der Waals surface area contributed by atoms with E-state index in [1.807, 2.05) is 13.0 Å². The van der Waals surface area contributed by atoms with Gasteiger partial charge >= 0.3 is 0 Å². The molecular formula is C39H73NO4. The molecule has 258 valence electrons. The van der Waals surface area contributed by atoms with Crippen LogP contribution in [0, 0.1) is 0 Å². The molecule has 3 atom stereocenters. The van der Waals surface area contributed by atoms with Crippen LogP contribution in [0.5, 0.6) is 0 Å². The average Bonchev–Trinajstić information content (AvgIpc) is 3.03. The molecule has 0 spiro atoms. The van der Waals surface area contributed by atoms with Gasteiger partial charge in [-0.2, -0.15) is 0 Å². The summed E-state index contributed by atoms with van der Waals surface area (Å²) in [5.74, 6) is -0.167. The maximum atomic E-state index is 12.3. The predicted molar refractivity (Wildman–Crippen MR) is 190 cm³/mol. The van der Waals surface area contributed by atoms with Gasteiger partial charge in [0.1, 0.15) is 6.10 Å². The lowest BCUT2D eigenvalue weighted by molar-refractivity contribution is -0.124. The van der Waals surface area contributed by atoms with Crippen molar-refractivity contribution in [2.75, 3.05) is 6.61 Å². The van der Waals surface area contributed by atoms with Crippen molar-refractivity contribution in [3.8, 4) is 0 Å². The first-order chi connectivity index (χ1) is 21.6. The average molecular weight is 620 g/mol. The van der Waals surface area contributed by atoms with Gasteiger partial charge in [-0.25, -0.2) is 0 Å². The first kappa shape index (κ1) is 42.6. The van der Waals surface area contributed by atoms with Crippen LogP contribution < -0.4 is 5.32 Å². The van der Waals surface area contributed by atoms with Crippen LogP contribution >= 0.6 is 0 Å². The number of hydrogen-bond acceptors (Lipinski definition) is 4. The second-order valence-corrected chi connectivity index (χ2v) is 12.8. The van der Waals surface area contributed by atoms with Crippen molar-refractivity contribution in [2.24, 2.45) is 0 Å². The number of carbonyl (C=O) groups is 1. The van der Waals surface area contributed by atoms with E-state index < -0.39 is 18.2 Å². The number of aliphatic hydroxyl groups is 3. The van der Waals surface area contributed by atoms with E-state index in [2.05, 4.69) is 42.6 Å².